The molecule has 3 unspecified atom stereocenters. The zero-order valence-corrected chi connectivity index (χ0v) is 15.1. The van der Waals surface area contributed by atoms with Crippen LogP contribution in [0.4, 0.5) is 0 Å². The van der Waals surface area contributed by atoms with Crippen molar-refractivity contribution < 1.29 is 4.21 Å². The van der Waals surface area contributed by atoms with Crippen LogP contribution >= 0.6 is 0 Å². The van der Waals surface area contributed by atoms with Gasteiger partial charge in [0.2, 0.25) is 0 Å². The molecule has 0 aliphatic carbocycles. The first-order valence-electron chi connectivity index (χ1n) is 8.13. The number of aryl methyl sites for hydroxylation is 2. The lowest BCUT2D eigenvalue weighted by molar-refractivity contribution is 0.563. The summed E-state index contributed by atoms with van der Waals surface area (Å²) in [6.45, 7) is 11.8. The first kappa shape index (κ1) is 18.4. The van der Waals surface area contributed by atoms with Crippen LogP contribution < -0.4 is 5.32 Å². The van der Waals surface area contributed by atoms with E-state index in [1.807, 2.05) is 0 Å². The normalized spacial score (nSPS) is 15.7. The second-order valence-electron chi connectivity index (χ2n) is 6.14. The first-order chi connectivity index (χ1) is 9.97. The Kier molecular flexibility index (Phi) is 8.20. The number of hydrogen-bond acceptors (Lipinski definition) is 2. The van der Waals surface area contributed by atoms with Crippen molar-refractivity contribution in [1.29, 1.82) is 0 Å². The molecule has 0 saturated heterocycles. The van der Waals surface area contributed by atoms with E-state index in [2.05, 4.69) is 58.1 Å². The van der Waals surface area contributed by atoms with Gasteiger partial charge in [0, 0.05) is 28.3 Å². The van der Waals surface area contributed by atoms with Crippen molar-refractivity contribution in [3.63, 3.8) is 0 Å². The average molecular weight is 310 g/mol. The van der Waals surface area contributed by atoms with Gasteiger partial charge in [-0.25, -0.2) is 0 Å². The van der Waals surface area contributed by atoms with E-state index in [1.54, 1.807) is 0 Å². The van der Waals surface area contributed by atoms with Crippen LogP contribution in [0.2, 0.25) is 0 Å². The van der Waals surface area contributed by atoms with Gasteiger partial charge < -0.3 is 5.32 Å². The van der Waals surface area contributed by atoms with Crippen LogP contribution in [0, 0.1) is 19.8 Å². The Morgan fingerprint density at radius 2 is 1.86 bits per heavy atom. The molecule has 0 aromatic heterocycles. The van der Waals surface area contributed by atoms with Crippen LogP contribution in [0.15, 0.2) is 18.2 Å². The highest BCUT2D eigenvalue weighted by atomic mass is 32.2. The highest BCUT2D eigenvalue weighted by Gasteiger charge is 2.16. The second-order valence-corrected chi connectivity index (χ2v) is 7.68. The van der Waals surface area contributed by atoms with Gasteiger partial charge in [-0.3, -0.25) is 4.21 Å². The van der Waals surface area contributed by atoms with Gasteiger partial charge in [-0.1, -0.05) is 45.4 Å². The fourth-order valence-corrected chi connectivity index (χ4v) is 3.95. The molecule has 1 N–H and O–H groups in total. The molecule has 0 amide bonds. The summed E-state index contributed by atoms with van der Waals surface area (Å²) in [5.74, 6) is 2.07. The van der Waals surface area contributed by atoms with E-state index in [0.29, 0.717) is 11.7 Å². The van der Waals surface area contributed by atoms with E-state index >= 15 is 0 Å². The van der Waals surface area contributed by atoms with Crippen LogP contribution in [0.5, 0.6) is 0 Å². The maximum absolute atomic E-state index is 12.4. The highest BCUT2D eigenvalue weighted by Crippen LogP contribution is 2.19. The van der Waals surface area contributed by atoms with E-state index in [1.165, 1.54) is 16.7 Å². The number of hydrogen-bond donors (Lipinski definition) is 1. The van der Waals surface area contributed by atoms with Crippen molar-refractivity contribution >= 4 is 10.8 Å². The molecule has 1 aromatic rings. The smallest absolute Gasteiger partial charge is 0.0436 e. The van der Waals surface area contributed by atoms with Gasteiger partial charge in [-0.05, 0) is 49.4 Å². The predicted molar refractivity (Wildman–Crippen MR) is 94.3 cm³/mol. The van der Waals surface area contributed by atoms with Crippen LogP contribution in [0.25, 0.3) is 0 Å². The Labute approximate surface area is 133 Å². The van der Waals surface area contributed by atoms with Gasteiger partial charge in [0.25, 0.3) is 0 Å². The summed E-state index contributed by atoms with van der Waals surface area (Å²) in [5, 5.41) is 3.56. The average Bonchev–Trinajstić information content (AvgIpc) is 2.46. The monoisotopic (exact) mass is 309 g/mol. The van der Waals surface area contributed by atoms with E-state index < -0.39 is 10.8 Å². The molecule has 0 saturated carbocycles. The topological polar surface area (TPSA) is 29.1 Å². The summed E-state index contributed by atoms with van der Waals surface area (Å²) in [6.07, 6.45) is 2.20. The first-order valence-corrected chi connectivity index (χ1v) is 9.62. The molecule has 1 aromatic carbocycles. The SMILES string of the molecule is CCCNC(CS(=O)CC(C)CC)c1ccc(C)c(C)c1. The minimum absolute atomic E-state index is 0.203. The van der Waals surface area contributed by atoms with Crippen molar-refractivity contribution in [3.05, 3.63) is 34.9 Å². The summed E-state index contributed by atoms with van der Waals surface area (Å²) in [7, 11) is -0.758. The standard InChI is InChI=1S/C18H31NOS/c1-6-10-19-18(13-21(20)12-14(3)7-2)17-9-8-15(4)16(5)11-17/h8-9,11,14,18-19H,6-7,10,12-13H2,1-5H3. The minimum atomic E-state index is -0.758. The largest absolute Gasteiger partial charge is 0.309 e. The van der Waals surface area contributed by atoms with Crippen molar-refractivity contribution in [1.82, 2.24) is 5.32 Å². The second kappa shape index (κ2) is 9.37. The van der Waals surface area contributed by atoms with Crippen molar-refractivity contribution in [2.24, 2.45) is 5.92 Å². The minimum Gasteiger partial charge on any atom is -0.309 e. The van der Waals surface area contributed by atoms with Crippen LogP contribution in [-0.2, 0) is 10.8 Å². The summed E-state index contributed by atoms with van der Waals surface area (Å²) in [4.78, 5) is 0. The Hall–Kier alpha value is -0.670. The molecule has 2 nitrogen and oxygen atoms in total. The number of nitrogens with one attached hydrogen (secondary N) is 1. The number of rotatable bonds is 9. The number of benzene rings is 1. The van der Waals surface area contributed by atoms with E-state index in [4.69, 9.17) is 0 Å². The van der Waals surface area contributed by atoms with Crippen LogP contribution in [0.3, 0.4) is 0 Å². The maximum Gasteiger partial charge on any atom is 0.0436 e. The highest BCUT2D eigenvalue weighted by molar-refractivity contribution is 7.85. The van der Waals surface area contributed by atoms with Gasteiger partial charge in [0.05, 0.1) is 0 Å². The molecule has 120 valence electrons. The summed E-state index contributed by atoms with van der Waals surface area (Å²) in [6, 6.07) is 6.79. The molecule has 1 rings (SSSR count). The van der Waals surface area contributed by atoms with E-state index in [-0.39, 0.29) is 6.04 Å². The fraction of sp³-hybridized carbons (Fsp3) is 0.667. The Morgan fingerprint density at radius 1 is 1.14 bits per heavy atom. The van der Waals surface area contributed by atoms with Crippen LogP contribution in [0.1, 0.15) is 56.3 Å². The lowest BCUT2D eigenvalue weighted by Gasteiger charge is -2.20. The maximum atomic E-state index is 12.4. The summed E-state index contributed by atoms with van der Waals surface area (Å²) < 4.78 is 12.4. The zero-order valence-electron chi connectivity index (χ0n) is 14.2. The molecule has 0 spiro atoms. The third-order valence-electron chi connectivity index (χ3n) is 4.09. The summed E-state index contributed by atoms with van der Waals surface area (Å²) in [5.41, 5.74) is 3.89. The van der Waals surface area contributed by atoms with Gasteiger partial charge in [0.15, 0.2) is 0 Å². The van der Waals surface area contributed by atoms with Gasteiger partial charge in [0.1, 0.15) is 0 Å². The lowest BCUT2D eigenvalue weighted by atomic mass is 10.0. The molecule has 0 heterocycles. The van der Waals surface area contributed by atoms with Crippen molar-refractivity contribution in [2.75, 3.05) is 18.1 Å². The molecular weight excluding hydrogens is 278 g/mol. The third-order valence-corrected chi connectivity index (χ3v) is 5.74. The van der Waals surface area contributed by atoms with E-state index in [0.717, 1.165) is 25.1 Å². The van der Waals surface area contributed by atoms with E-state index in [9.17, 15) is 4.21 Å². The van der Waals surface area contributed by atoms with Crippen molar-refractivity contribution in [3.8, 4) is 0 Å². The quantitative estimate of drug-likeness (QED) is 0.743. The Morgan fingerprint density at radius 3 is 2.43 bits per heavy atom. The molecular formula is C18H31NOS. The lowest BCUT2D eigenvalue weighted by Crippen LogP contribution is -2.28. The molecule has 0 radical (unpaired) electrons. The molecule has 0 bridgehead atoms. The third kappa shape index (κ3) is 6.31. The summed E-state index contributed by atoms with van der Waals surface area (Å²) >= 11 is 0. The van der Waals surface area contributed by atoms with Gasteiger partial charge >= 0.3 is 0 Å². The molecule has 3 atom stereocenters. The van der Waals surface area contributed by atoms with Crippen molar-refractivity contribution in [2.45, 2.75) is 53.5 Å². The molecule has 0 aliphatic heterocycles. The van der Waals surface area contributed by atoms with Crippen LogP contribution in [-0.4, -0.2) is 22.3 Å². The predicted octanol–water partition coefficient (Wildman–Crippen LogP) is 4.14. The molecule has 0 aliphatic rings. The molecule has 3 heteroatoms. The molecule has 21 heavy (non-hydrogen) atoms. The fourth-order valence-electron chi connectivity index (χ4n) is 2.26. The zero-order chi connectivity index (χ0) is 15.8. The Bertz CT molecular complexity index is 459. The van der Waals surface area contributed by atoms with Gasteiger partial charge in [-0.2, -0.15) is 0 Å². The Balaban J connectivity index is 2.79. The van der Waals surface area contributed by atoms with Gasteiger partial charge in [-0.15, -0.1) is 0 Å². The molecule has 0 fully saturated rings.